The summed E-state index contributed by atoms with van der Waals surface area (Å²) in [6.07, 6.45) is -2.34. The second kappa shape index (κ2) is 8.15. The van der Waals surface area contributed by atoms with Crippen LogP contribution in [0, 0.1) is 11.3 Å². The molecule has 0 aromatic heterocycles. The van der Waals surface area contributed by atoms with Crippen molar-refractivity contribution in [2.45, 2.75) is 95.6 Å². The molecule has 0 radical (unpaired) electrons. The Morgan fingerprint density at radius 3 is 2.35 bits per heavy atom. The van der Waals surface area contributed by atoms with E-state index in [2.05, 4.69) is 11.5 Å². The van der Waals surface area contributed by atoms with Crippen molar-refractivity contribution in [2.75, 3.05) is 0 Å². The molecule has 0 amide bonds. The lowest BCUT2D eigenvalue weighted by Gasteiger charge is -2.54. The number of hydrogen-bond acceptors (Lipinski definition) is 10. The fourth-order valence-corrected chi connectivity index (χ4v) is 6.31. The van der Waals surface area contributed by atoms with Gasteiger partial charge in [-0.05, 0) is 38.3 Å². The Hall–Kier alpha value is -2.27. The van der Waals surface area contributed by atoms with Gasteiger partial charge in [-0.1, -0.05) is 19.1 Å². The Kier molecular flexibility index (Phi) is 5.95. The minimum Gasteiger partial charge on any atom is -0.462 e. The number of ether oxygens (including phenoxy) is 4. The highest BCUT2D eigenvalue weighted by atomic mass is 17.1. The molecule has 1 saturated carbocycles. The van der Waals surface area contributed by atoms with Gasteiger partial charge < -0.3 is 24.1 Å². The summed E-state index contributed by atoms with van der Waals surface area (Å²) in [6.45, 7) is 11.8. The van der Waals surface area contributed by atoms with E-state index >= 15 is 0 Å². The maximum atomic E-state index is 12.7. The molecule has 4 aliphatic rings. The summed E-state index contributed by atoms with van der Waals surface area (Å²) in [5.41, 5.74) is -2.85. The molecule has 9 atom stereocenters. The molecule has 188 valence electrons. The smallest absolute Gasteiger partial charge is 0.342 e. The van der Waals surface area contributed by atoms with Crippen molar-refractivity contribution in [1.82, 2.24) is 0 Å². The lowest BCUT2D eigenvalue weighted by molar-refractivity contribution is -0.292. The van der Waals surface area contributed by atoms with E-state index in [9.17, 15) is 24.7 Å². The van der Waals surface area contributed by atoms with Gasteiger partial charge in [-0.25, -0.2) is 9.68 Å². The van der Waals surface area contributed by atoms with Crippen LogP contribution in [0.25, 0.3) is 0 Å². The summed E-state index contributed by atoms with van der Waals surface area (Å²) in [5, 5.41) is 21.6. The number of hydrogen-bond donors (Lipinski definition) is 2. The number of allylic oxidation sites excluding steroid dienone is 1. The van der Waals surface area contributed by atoms with Crippen LogP contribution in [0.5, 0.6) is 0 Å². The highest BCUT2D eigenvalue weighted by molar-refractivity contribution is 5.89. The van der Waals surface area contributed by atoms with Crippen molar-refractivity contribution >= 4 is 17.9 Å². The summed E-state index contributed by atoms with van der Waals surface area (Å²) in [7, 11) is 0. The molecule has 2 aliphatic heterocycles. The molecule has 2 N–H and O–H groups in total. The van der Waals surface area contributed by atoms with E-state index in [1.807, 2.05) is 6.92 Å². The normalized spacial score (nSPS) is 47.2. The van der Waals surface area contributed by atoms with Crippen LogP contribution in [0.15, 0.2) is 23.8 Å². The largest absolute Gasteiger partial charge is 0.462 e. The topological polar surface area (TPSA) is 141 Å². The second-order valence-corrected chi connectivity index (χ2v) is 10.2. The predicted molar refractivity (Wildman–Crippen MR) is 115 cm³/mol. The Bertz CT molecular complexity index is 957. The zero-order valence-electron chi connectivity index (χ0n) is 20.0. The molecule has 2 aliphatic carbocycles. The molecule has 1 spiro atoms. The number of esters is 3. The van der Waals surface area contributed by atoms with Gasteiger partial charge in [0.15, 0.2) is 17.3 Å². The van der Waals surface area contributed by atoms with Crippen molar-refractivity contribution in [3.63, 3.8) is 0 Å². The Morgan fingerprint density at radius 2 is 1.79 bits per heavy atom. The van der Waals surface area contributed by atoms with Crippen LogP contribution in [0.1, 0.15) is 53.9 Å². The van der Waals surface area contributed by atoms with Gasteiger partial charge in [0.1, 0.15) is 18.3 Å². The Labute approximate surface area is 197 Å². The van der Waals surface area contributed by atoms with Crippen LogP contribution in [-0.2, 0) is 38.2 Å². The van der Waals surface area contributed by atoms with E-state index in [1.165, 1.54) is 13.8 Å². The van der Waals surface area contributed by atoms with Crippen molar-refractivity contribution in [2.24, 2.45) is 11.3 Å². The summed E-state index contributed by atoms with van der Waals surface area (Å²) in [6, 6.07) is 0. The summed E-state index contributed by atoms with van der Waals surface area (Å²) >= 11 is 0. The Balaban J connectivity index is 1.93. The van der Waals surface area contributed by atoms with Gasteiger partial charge in [0.05, 0.1) is 11.5 Å². The Morgan fingerprint density at radius 1 is 1.18 bits per heavy atom. The van der Waals surface area contributed by atoms with E-state index in [0.29, 0.717) is 18.4 Å². The lowest BCUT2D eigenvalue weighted by atomic mass is 9.55. The quantitative estimate of drug-likeness (QED) is 0.153. The van der Waals surface area contributed by atoms with E-state index in [4.69, 9.17) is 18.9 Å². The lowest BCUT2D eigenvalue weighted by Crippen LogP contribution is -2.63. The third kappa shape index (κ3) is 3.34. The van der Waals surface area contributed by atoms with Gasteiger partial charge in [0, 0.05) is 26.2 Å². The monoisotopic (exact) mass is 480 g/mol. The first-order valence-corrected chi connectivity index (χ1v) is 11.4. The second-order valence-electron chi connectivity index (χ2n) is 10.2. The van der Waals surface area contributed by atoms with Gasteiger partial charge in [-0.3, -0.25) is 14.8 Å². The van der Waals surface area contributed by atoms with Crippen molar-refractivity contribution in [3.05, 3.63) is 23.8 Å². The van der Waals surface area contributed by atoms with Gasteiger partial charge in [0.25, 0.3) is 0 Å². The number of epoxide rings is 1. The first kappa shape index (κ1) is 24.8. The zero-order valence-corrected chi connectivity index (χ0v) is 20.0. The fourth-order valence-electron chi connectivity index (χ4n) is 6.31. The molecule has 2 heterocycles. The number of aliphatic hydroxyl groups excluding tert-OH is 1. The molecule has 0 aromatic rings. The van der Waals surface area contributed by atoms with Crippen molar-refractivity contribution < 1.29 is 48.6 Å². The van der Waals surface area contributed by atoms with Crippen molar-refractivity contribution in [3.8, 4) is 0 Å². The van der Waals surface area contributed by atoms with E-state index < -0.39 is 71.0 Å². The third-order valence-electron chi connectivity index (χ3n) is 8.16. The number of fused-ring (bicyclic) bond motifs is 1. The minimum absolute atomic E-state index is 0.0329. The van der Waals surface area contributed by atoms with Crippen LogP contribution in [-0.4, -0.2) is 70.0 Å². The maximum absolute atomic E-state index is 12.7. The standard InChI is InChI=1S/C24H32O10/c1-11-7-8-16(30-13(3)25)22(5)17(31-14(4)26)10-15(33-29)12(2)19(22)20(27)24-18(9-11)32-21(28)23(24,6)34-24/h9,15-20,27,29H,2,7-8,10H2,1,3-6H3/b11-9-/t15-,16-,17-,18-,19+,20-,22-,23-,24-/m0/s1. The number of carbonyl (C=O) groups is 3. The SMILES string of the molecule is C=C1[C@@H](OO)C[C@H](OC(C)=O)[C@]2(C)[C@@H](OC(C)=O)CC/C(C)=C\[C@@H]3OC(=O)[C@]4(C)O[C@]34[C@@H](O)[C@@H]12. The van der Waals surface area contributed by atoms with E-state index in [-0.39, 0.29) is 6.42 Å². The van der Waals surface area contributed by atoms with E-state index in [1.54, 1.807) is 19.9 Å². The number of carbonyl (C=O) groups excluding carboxylic acids is 3. The molecule has 10 heteroatoms. The maximum Gasteiger partial charge on any atom is 0.342 e. The molecular formula is C24H32O10. The van der Waals surface area contributed by atoms with E-state index in [0.717, 1.165) is 5.57 Å². The van der Waals surface area contributed by atoms with Crippen LogP contribution in [0.2, 0.25) is 0 Å². The first-order valence-electron chi connectivity index (χ1n) is 11.4. The van der Waals surface area contributed by atoms with Gasteiger partial charge in [0.2, 0.25) is 0 Å². The molecule has 2 saturated heterocycles. The van der Waals surface area contributed by atoms with Gasteiger partial charge in [-0.15, -0.1) is 0 Å². The highest BCUT2D eigenvalue weighted by Crippen LogP contribution is 2.64. The average Bonchev–Trinajstić information content (AvgIpc) is 3.33. The molecule has 3 fully saturated rings. The molecule has 10 nitrogen and oxygen atoms in total. The fraction of sp³-hybridized carbons (Fsp3) is 0.708. The average molecular weight is 481 g/mol. The molecule has 0 bridgehead atoms. The van der Waals surface area contributed by atoms with Crippen LogP contribution < -0.4 is 0 Å². The molecule has 4 rings (SSSR count). The first-order chi connectivity index (χ1) is 15.8. The van der Waals surface area contributed by atoms with Gasteiger partial charge >= 0.3 is 17.9 Å². The third-order valence-corrected chi connectivity index (χ3v) is 8.16. The molecule has 0 aromatic carbocycles. The summed E-state index contributed by atoms with van der Waals surface area (Å²) < 4.78 is 23.0. The van der Waals surface area contributed by atoms with Crippen LogP contribution in [0.3, 0.4) is 0 Å². The molecular weight excluding hydrogens is 448 g/mol. The van der Waals surface area contributed by atoms with Crippen molar-refractivity contribution in [1.29, 1.82) is 0 Å². The number of aliphatic hydroxyl groups is 1. The van der Waals surface area contributed by atoms with Crippen LogP contribution >= 0.6 is 0 Å². The summed E-state index contributed by atoms with van der Waals surface area (Å²) in [5.74, 6) is -2.67. The highest BCUT2D eigenvalue weighted by Gasteiger charge is 2.86. The van der Waals surface area contributed by atoms with Gasteiger partial charge in [-0.2, -0.15) is 0 Å². The molecule has 34 heavy (non-hydrogen) atoms. The zero-order chi connectivity index (χ0) is 25.2. The summed E-state index contributed by atoms with van der Waals surface area (Å²) in [4.78, 5) is 41.6. The minimum atomic E-state index is -1.43. The predicted octanol–water partition coefficient (Wildman–Crippen LogP) is 1.84. The molecule has 0 unspecified atom stereocenters. The number of rotatable bonds is 3. The van der Waals surface area contributed by atoms with Crippen LogP contribution in [0.4, 0.5) is 0 Å².